The van der Waals surface area contributed by atoms with Crippen LogP contribution >= 0.6 is 0 Å². The summed E-state index contributed by atoms with van der Waals surface area (Å²) in [4.78, 5) is 16.3. The lowest BCUT2D eigenvalue weighted by atomic mass is 10.2. The topological polar surface area (TPSA) is 70.8 Å². The average molecular weight is 294 g/mol. The molecule has 6 nitrogen and oxygen atoms in total. The molecule has 1 aromatic carbocycles. The molecule has 1 aromatic rings. The lowest BCUT2D eigenvalue weighted by Crippen LogP contribution is -2.42. The lowest BCUT2D eigenvalue weighted by Gasteiger charge is -2.25. The van der Waals surface area contributed by atoms with Gasteiger partial charge in [-0.2, -0.15) is 0 Å². The Hall–Kier alpha value is -1.79. The summed E-state index contributed by atoms with van der Waals surface area (Å²) in [7, 11) is 7.53. The van der Waals surface area contributed by atoms with Crippen LogP contribution in [0.25, 0.3) is 0 Å². The van der Waals surface area contributed by atoms with E-state index < -0.39 is 0 Å². The van der Waals surface area contributed by atoms with Crippen molar-refractivity contribution in [2.24, 2.45) is 0 Å². The van der Waals surface area contributed by atoms with Gasteiger partial charge in [0.05, 0.1) is 24.5 Å². The SMILES string of the molecule is COc1ccc(NC(=O)C(C)N(C)CCN(C)C)c(N)c1. The molecule has 0 aromatic heterocycles. The number of nitrogens with two attached hydrogens (primary N) is 1. The summed E-state index contributed by atoms with van der Waals surface area (Å²) in [5.74, 6) is 0.592. The number of hydrogen-bond donors (Lipinski definition) is 2. The van der Waals surface area contributed by atoms with Crippen molar-refractivity contribution in [3.63, 3.8) is 0 Å². The van der Waals surface area contributed by atoms with E-state index in [4.69, 9.17) is 10.5 Å². The first-order valence-corrected chi connectivity index (χ1v) is 6.94. The molecule has 0 bridgehead atoms. The molecule has 0 radical (unpaired) electrons. The van der Waals surface area contributed by atoms with Crippen molar-refractivity contribution in [3.05, 3.63) is 18.2 Å². The van der Waals surface area contributed by atoms with Gasteiger partial charge in [0.1, 0.15) is 5.75 Å². The maximum atomic E-state index is 12.3. The van der Waals surface area contributed by atoms with E-state index in [1.165, 1.54) is 0 Å². The molecule has 0 fully saturated rings. The number of ether oxygens (including phenoxy) is 1. The minimum absolute atomic E-state index is 0.0758. The molecule has 1 rings (SSSR count). The van der Waals surface area contributed by atoms with Gasteiger partial charge in [-0.05, 0) is 40.2 Å². The van der Waals surface area contributed by atoms with Crippen molar-refractivity contribution in [3.8, 4) is 5.75 Å². The zero-order valence-corrected chi connectivity index (χ0v) is 13.5. The molecule has 0 aliphatic rings. The molecule has 0 aliphatic heterocycles. The van der Waals surface area contributed by atoms with Gasteiger partial charge < -0.3 is 20.7 Å². The fourth-order valence-electron chi connectivity index (χ4n) is 1.77. The number of benzene rings is 1. The fourth-order valence-corrected chi connectivity index (χ4v) is 1.77. The molecule has 0 saturated heterocycles. The maximum Gasteiger partial charge on any atom is 0.241 e. The summed E-state index contributed by atoms with van der Waals surface area (Å²) in [5, 5.41) is 2.86. The third-order valence-electron chi connectivity index (χ3n) is 3.46. The van der Waals surface area contributed by atoms with Crippen LogP contribution in [0.2, 0.25) is 0 Å². The van der Waals surface area contributed by atoms with Gasteiger partial charge in [0.15, 0.2) is 0 Å². The summed E-state index contributed by atoms with van der Waals surface area (Å²) in [6, 6.07) is 4.98. The summed E-state index contributed by atoms with van der Waals surface area (Å²) >= 11 is 0. The highest BCUT2D eigenvalue weighted by atomic mass is 16.5. The van der Waals surface area contributed by atoms with Crippen LogP contribution in [0, 0.1) is 0 Å². The Morgan fingerprint density at radius 1 is 1.33 bits per heavy atom. The summed E-state index contributed by atoms with van der Waals surface area (Å²) in [6.07, 6.45) is 0. The van der Waals surface area contributed by atoms with Gasteiger partial charge in [0.2, 0.25) is 5.91 Å². The summed E-state index contributed by atoms with van der Waals surface area (Å²) < 4.78 is 5.09. The van der Waals surface area contributed by atoms with Crippen molar-refractivity contribution >= 4 is 17.3 Å². The van der Waals surface area contributed by atoms with E-state index in [2.05, 4.69) is 10.2 Å². The molecule has 1 amide bonds. The van der Waals surface area contributed by atoms with Crippen LogP contribution in [-0.2, 0) is 4.79 Å². The number of nitrogens with one attached hydrogen (secondary N) is 1. The van der Waals surface area contributed by atoms with E-state index in [1.54, 1.807) is 25.3 Å². The highest BCUT2D eigenvalue weighted by Gasteiger charge is 2.18. The van der Waals surface area contributed by atoms with Gasteiger partial charge in [-0.3, -0.25) is 9.69 Å². The largest absolute Gasteiger partial charge is 0.497 e. The smallest absolute Gasteiger partial charge is 0.241 e. The second-order valence-electron chi connectivity index (χ2n) is 5.40. The predicted octanol–water partition coefficient (Wildman–Crippen LogP) is 1.10. The van der Waals surface area contributed by atoms with Crippen molar-refractivity contribution in [1.82, 2.24) is 9.80 Å². The molecule has 1 unspecified atom stereocenters. The van der Waals surface area contributed by atoms with Gasteiger partial charge >= 0.3 is 0 Å². The second-order valence-corrected chi connectivity index (χ2v) is 5.40. The number of amides is 1. The van der Waals surface area contributed by atoms with Crippen molar-refractivity contribution < 1.29 is 9.53 Å². The zero-order chi connectivity index (χ0) is 16.0. The summed E-state index contributed by atoms with van der Waals surface area (Å²) in [6.45, 7) is 3.60. The van der Waals surface area contributed by atoms with Gasteiger partial charge in [-0.15, -0.1) is 0 Å². The van der Waals surface area contributed by atoms with Crippen LogP contribution in [0.15, 0.2) is 18.2 Å². The van der Waals surface area contributed by atoms with Crippen molar-refractivity contribution in [2.75, 3.05) is 52.4 Å². The van der Waals surface area contributed by atoms with E-state index in [0.717, 1.165) is 13.1 Å². The predicted molar refractivity (Wildman–Crippen MR) is 86.7 cm³/mol. The molecule has 1 atom stereocenters. The van der Waals surface area contributed by atoms with E-state index in [0.29, 0.717) is 17.1 Å². The van der Waals surface area contributed by atoms with Crippen LogP contribution in [0.1, 0.15) is 6.92 Å². The number of likely N-dealkylation sites (N-methyl/N-ethyl adjacent to an activating group) is 2. The molecule has 0 spiro atoms. The number of carbonyl (C=O) groups excluding carboxylic acids is 1. The number of nitrogen functional groups attached to an aromatic ring is 1. The first kappa shape index (κ1) is 17.3. The number of anilines is 2. The number of carbonyl (C=O) groups is 1. The van der Waals surface area contributed by atoms with Crippen molar-refractivity contribution in [2.45, 2.75) is 13.0 Å². The Kier molecular flexibility index (Phi) is 6.45. The van der Waals surface area contributed by atoms with E-state index in [9.17, 15) is 4.79 Å². The van der Waals surface area contributed by atoms with E-state index >= 15 is 0 Å². The molecular weight excluding hydrogens is 268 g/mol. The second kappa shape index (κ2) is 7.85. The molecule has 0 heterocycles. The molecule has 0 aliphatic carbocycles. The Morgan fingerprint density at radius 3 is 2.52 bits per heavy atom. The number of hydrogen-bond acceptors (Lipinski definition) is 5. The monoisotopic (exact) mass is 294 g/mol. The van der Waals surface area contributed by atoms with E-state index in [-0.39, 0.29) is 11.9 Å². The molecule has 118 valence electrons. The molecule has 6 heteroatoms. The highest BCUT2D eigenvalue weighted by molar-refractivity contribution is 5.97. The molecule has 3 N–H and O–H groups in total. The number of methoxy groups -OCH3 is 1. The summed E-state index contributed by atoms with van der Waals surface area (Å²) in [5.41, 5.74) is 7.00. The van der Waals surface area contributed by atoms with Crippen LogP contribution in [0.3, 0.4) is 0 Å². The average Bonchev–Trinajstić information content (AvgIpc) is 2.45. The number of nitrogens with zero attached hydrogens (tertiary/aromatic N) is 2. The Bertz CT molecular complexity index is 477. The Balaban J connectivity index is 2.63. The zero-order valence-electron chi connectivity index (χ0n) is 13.5. The third-order valence-corrected chi connectivity index (χ3v) is 3.46. The quantitative estimate of drug-likeness (QED) is 0.737. The Labute approximate surface area is 126 Å². The van der Waals surface area contributed by atoms with Crippen molar-refractivity contribution in [1.29, 1.82) is 0 Å². The lowest BCUT2D eigenvalue weighted by molar-refractivity contribution is -0.120. The highest BCUT2D eigenvalue weighted by Crippen LogP contribution is 2.24. The van der Waals surface area contributed by atoms with E-state index in [1.807, 2.05) is 33.0 Å². The first-order valence-electron chi connectivity index (χ1n) is 6.94. The van der Waals surface area contributed by atoms with Gasteiger partial charge in [0, 0.05) is 19.2 Å². The van der Waals surface area contributed by atoms with Crippen LogP contribution in [0.5, 0.6) is 5.75 Å². The van der Waals surface area contributed by atoms with Crippen LogP contribution < -0.4 is 15.8 Å². The van der Waals surface area contributed by atoms with Gasteiger partial charge in [0.25, 0.3) is 0 Å². The first-order chi connectivity index (χ1) is 9.85. The minimum atomic E-state index is -0.230. The molecule has 21 heavy (non-hydrogen) atoms. The van der Waals surface area contributed by atoms with Crippen LogP contribution in [-0.4, -0.2) is 63.1 Å². The van der Waals surface area contributed by atoms with Crippen LogP contribution in [0.4, 0.5) is 11.4 Å². The number of rotatable bonds is 7. The third kappa shape index (κ3) is 5.24. The minimum Gasteiger partial charge on any atom is -0.497 e. The maximum absolute atomic E-state index is 12.3. The molecule has 0 saturated carbocycles. The Morgan fingerprint density at radius 2 is 2.00 bits per heavy atom. The standard InChI is InChI=1S/C15H26N4O2/c1-11(19(4)9-8-18(2)3)15(20)17-14-7-6-12(21-5)10-13(14)16/h6-7,10-11H,8-9,16H2,1-5H3,(H,17,20). The van der Waals surface area contributed by atoms with Gasteiger partial charge in [-0.1, -0.05) is 0 Å². The van der Waals surface area contributed by atoms with Gasteiger partial charge in [-0.25, -0.2) is 0 Å². The fraction of sp³-hybridized carbons (Fsp3) is 0.533. The normalized spacial score (nSPS) is 12.5. The molecular formula is C15H26N4O2.